The molecule has 0 unspecified atom stereocenters. The highest BCUT2D eigenvalue weighted by molar-refractivity contribution is 5.89. The lowest BCUT2D eigenvalue weighted by Crippen LogP contribution is -2.42. The molecule has 0 saturated carbocycles. The first-order valence-corrected chi connectivity index (χ1v) is 8.73. The second kappa shape index (κ2) is 8.39. The Bertz CT molecular complexity index is 933. The second-order valence-corrected chi connectivity index (χ2v) is 6.38. The Balaban J connectivity index is 1.64. The first kappa shape index (κ1) is 19.2. The summed E-state index contributed by atoms with van der Waals surface area (Å²) in [5.74, 6) is -1.80. The molecule has 0 aromatic heterocycles. The van der Waals surface area contributed by atoms with Crippen molar-refractivity contribution in [1.29, 1.82) is 5.26 Å². The third-order valence-corrected chi connectivity index (χ3v) is 4.54. The molecule has 2 aromatic rings. The van der Waals surface area contributed by atoms with Gasteiger partial charge in [-0.05, 0) is 37.1 Å². The van der Waals surface area contributed by atoms with Crippen molar-refractivity contribution < 1.29 is 23.8 Å². The third-order valence-electron chi connectivity index (χ3n) is 4.54. The monoisotopic (exact) mass is 383 g/mol. The molecule has 28 heavy (non-hydrogen) atoms. The van der Waals surface area contributed by atoms with Crippen LogP contribution in [0.5, 0.6) is 11.5 Å². The lowest BCUT2D eigenvalue weighted by Gasteiger charge is -2.30. The Morgan fingerprint density at radius 2 is 1.89 bits per heavy atom. The molecule has 1 saturated heterocycles. The van der Waals surface area contributed by atoms with Crippen molar-refractivity contribution in [2.24, 2.45) is 5.92 Å². The van der Waals surface area contributed by atoms with Crippen LogP contribution in [0.1, 0.15) is 18.4 Å². The van der Waals surface area contributed by atoms with Crippen LogP contribution in [0.2, 0.25) is 0 Å². The van der Waals surface area contributed by atoms with Crippen LogP contribution in [-0.2, 0) is 4.79 Å². The molecule has 0 spiro atoms. The maximum atomic E-state index is 14.4. The van der Waals surface area contributed by atoms with Crippen molar-refractivity contribution in [2.75, 3.05) is 18.4 Å². The summed E-state index contributed by atoms with van der Waals surface area (Å²) in [6.45, 7) is 0.662. The number of carboxylic acid groups (broad SMARTS) is 1. The van der Waals surface area contributed by atoms with Gasteiger partial charge in [0.05, 0.1) is 11.5 Å². The lowest BCUT2D eigenvalue weighted by atomic mass is 9.97. The van der Waals surface area contributed by atoms with Crippen molar-refractivity contribution in [3.63, 3.8) is 0 Å². The number of carboxylic acids is 1. The molecule has 2 amide bonds. The van der Waals surface area contributed by atoms with Crippen LogP contribution in [0.3, 0.4) is 0 Å². The summed E-state index contributed by atoms with van der Waals surface area (Å²) >= 11 is 0. The molecule has 1 aliphatic rings. The van der Waals surface area contributed by atoms with E-state index in [1.165, 1.54) is 17.0 Å². The summed E-state index contributed by atoms with van der Waals surface area (Å²) in [6, 6.07) is 12.0. The number of carbonyl (C=O) groups is 2. The van der Waals surface area contributed by atoms with Crippen LogP contribution < -0.4 is 10.1 Å². The van der Waals surface area contributed by atoms with Crippen LogP contribution in [0.25, 0.3) is 0 Å². The average molecular weight is 383 g/mol. The Morgan fingerprint density at radius 1 is 1.18 bits per heavy atom. The molecule has 2 N–H and O–H groups in total. The minimum Gasteiger partial charge on any atom is -0.481 e. The molecule has 1 aliphatic heterocycles. The van der Waals surface area contributed by atoms with Gasteiger partial charge in [0.25, 0.3) is 0 Å². The molecule has 144 valence electrons. The molecule has 7 nitrogen and oxygen atoms in total. The molecule has 1 heterocycles. The fourth-order valence-corrected chi connectivity index (χ4v) is 2.96. The van der Waals surface area contributed by atoms with Gasteiger partial charge in [0.1, 0.15) is 11.8 Å². The number of halogens is 1. The van der Waals surface area contributed by atoms with Crippen LogP contribution >= 0.6 is 0 Å². The molecular weight excluding hydrogens is 365 g/mol. The molecule has 3 rings (SSSR count). The predicted molar refractivity (Wildman–Crippen MR) is 98.6 cm³/mol. The number of amides is 2. The number of carbonyl (C=O) groups excluding carboxylic acids is 1. The maximum absolute atomic E-state index is 14.4. The number of likely N-dealkylation sites (tertiary alicyclic amines) is 1. The largest absolute Gasteiger partial charge is 0.481 e. The highest BCUT2D eigenvalue weighted by Crippen LogP contribution is 2.29. The first-order chi connectivity index (χ1) is 13.5. The van der Waals surface area contributed by atoms with Gasteiger partial charge >= 0.3 is 12.0 Å². The Labute approximate surface area is 161 Å². The molecular formula is C20H18FN3O4. The molecule has 2 aromatic carbocycles. The number of nitrogens with one attached hydrogen (secondary N) is 1. The number of para-hydroxylation sites is 1. The van der Waals surface area contributed by atoms with Crippen molar-refractivity contribution in [2.45, 2.75) is 12.8 Å². The third kappa shape index (κ3) is 4.38. The number of aliphatic carboxylic acids is 1. The lowest BCUT2D eigenvalue weighted by molar-refractivity contribution is -0.143. The number of nitriles is 1. The number of hydrogen-bond donors (Lipinski definition) is 2. The molecule has 0 aliphatic carbocycles. The molecule has 0 radical (unpaired) electrons. The van der Waals surface area contributed by atoms with Crippen molar-refractivity contribution in [3.8, 4) is 17.6 Å². The van der Waals surface area contributed by atoms with Crippen molar-refractivity contribution in [1.82, 2.24) is 4.90 Å². The Kier molecular flexibility index (Phi) is 5.75. The molecule has 0 bridgehead atoms. The van der Waals surface area contributed by atoms with E-state index in [-0.39, 0.29) is 22.7 Å². The van der Waals surface area contributed by atoms with E-state index in [1.807, 2.05) is 6.07 Å². The topological polar surface area (TPSA) is 103 Å². The van der Waals surface area contributed by atoms with Crippen LogP contribution in [0.15, 0.2) is 42.5 Å². The zero-order valence-corrected chi connectivity index (χ0v) is 14.9. The van der Waals surface area contributed by atoms with E-state index >= 15 is 0 Å². The van der Waals surface area contributed by atoms with Crippen LogP contribution in [0, 0.1) is 23.1 Å². The van der Waals surface area contributed by atoms with Gasteiger partial charge in [-0.15, -0.1) is 0 Å². The average Bonchev–Trinajstić information content (AvgIpc) is 2.70. The maximum Gasteiger partial charge on any atom is 0.321 e. The van der Waals surface area contributed by atoms with E-state index in [1.54, 1.807) is 24.3 Å². The number of piperidine rings is 1. The predicted octanol–water partition coefficient (Wildman–Crippen LogP) is 3.82. The van der Waals surface area contributed by atoms with E-state index < -0.39 is 23.7 Å². The SMILES string of the molecule is N#Cc1ccccc1Oc1ccc(NC(=O)N2CCC(C(=O)O)CC2)cc1F. The fourth-order valence-electron chi connectivity index (χ4n) is 2.96. The van der Waals surface area contributed by atoms with Gasteiger partial charge in [-0.3, -0.25) is 4.79 Å². The van der Waals surface area contributed by atoms with E-state index in [0.29, 0.717) is 25.9 Å². The van der Waals surface area contributed by atoms with Crippen molar-refractivity contribution in [3.05, 3.63) is 53.8 Å². The number of nitrogens with zero attached hydrogens (tertiary/aromatic N) is 2. The number of benzene rings is 2. The summed E-state index contributed by atoms with van der Waals surface area (Å²) in [5, 5.41) is 20.7. The van der Waals surface area contributed by atoms with Crippen molar-refractivity contribution >= 4 is 17.7 Å². The minimum atomic E-state index is -0.851. The summed E-state index contributed by atoms with van der Waals surface area (Å²) < 4.78 is 19.8. The van der Waals surface area contributed by atoms with Gasteiger partial charge in [-0.25, -0.2) is 9.18 Å². The zero-order valence-electron chi connectivity index (χ0n) is 14.9. The number of anilines is 1. The number of hydrogen-bond acceptors (Lipinski definition) is 4. The second-order valence-electron chi connectivity index (χ2n) is 6.38. The summed E-state index contributed by atoms with van der Waals surface area (Å²) in [7, 11) is 0. The first-order valence-electron chi connectivity index (χ1n) is 8.73. The van der Waals surface area contributed by atoms with Gasteiger partial charge in [0, 0.05) is 24.8 Å². The summed E-state index contributed by atoms with van der Waals surface area (Å²) in [4.78, 5) is 24.8. The summed E-state index contributed by atoms with van der Waals surface area (Å²) in [5.41, 5.74) is 0.535. The standard InChI is InChI=1S/C20H18FN3O4/c21-16-11-15(23-20(27)24-9-7-13(8-10-24)19(25)26)5-6-18(16)28-17-4-2-1-3-14(17)12-22/h1-6,11,13H,7-10H2,(H,23,27)(H,25,26). The van der Waals surface area contributed by atoms with Crippen LogP contribution in [0.4, 0.5) is 14.9 Å². The normalized spacial score (nSPS) is 14.2. The van der Waals surface area contributed by atoms with Crippen LogP contribution in [-0.4, -0.2) is 35.1 Å². The highest BCUT2D eigenvalue weighted by Gasteiger charge is 2.27. The smallest absolute Gasteiger partial charge is 0.321 e. The van der Waals surface area contributed by atoms with Gasteiger partial charge in [-0.1, -0.05) is 12.1 Å². The minimum absolute atomic E-state index is 0.0667. The highest BCUT2D eigenvalue weighted by atomic mass is 19.1. The Hall–Kier alpha value is -3.60. The van der Waals surface area contributed by atoms with E-state index in [4.69, 9.17) is 15.1 Å². The molecule has 0 atom stereocenters. The molecule has 8 heteroatoms. The summed E-state index contributed by atoms with van der Waals surface area (Å²) in [6.07, 6.45) is 0.782. The molecule has 1 fully saturated rings. The van der Waals surface area contributed by atoms with E-state index in [2.05, 4.69) is 5.32 Å². The quantitative estimate of drug-likeness (QED) is 0.836. The fraction of sp³-hybridized carbons (Fsp3) is 0.250. The van der Waals surface area contributed by atoms with E-state index in [9.17, 15) is 14.0 Å². The zero-order chi connectivity index (χ0) is 20.1. The van der Waals surface area contributed by atoms with Gasteiger partial charge in [0.15, 0.2) is 11.6 Å². The van der Waals surface area contributed by atoms with Gasteiger partial charge < -0.3 is 20.1 Å². The van der Waals surface area contributed by atoms with Gasteiger partial charge in [0.2, 0.25) is 0 Å². The number of rotatable bonds is 4. The van der Waals surface area contributed by atoms with E-state index in [0.717, 1.165) is 6.07 Å². The number of urea groups is 1. The van der Waals surface area contributed by atoms with Gasteiger partial charge in [-0.2, -0.15) is 5.26 Å². The Morgan fingerprint density at radius 3 is 2.54 bits per heavy atom. The number of ether oxygens (including phenoxy) is 1.